The molecule has 0 fully saturated rings. The fraction of sp³-hybridized carbons (Fsp3) is 0.167. The number of oxazole rings is 1. The first kappa shape index (κ1) is 12.0. The maximum atomic E-state index is 9.01. The van der Waals surface area contributed by atoms with Crippen molar-refractivity contribution in [2.24, 2.45) is 0 Å². The molecule has 0 N–H and O–H groups in total. The minimum atomic E-state index is 0.524. The van der Waals surface area contributed by atoms with Gasteiger partial charge in [0.05, 0.1) is 11.3 Å². The molecule has 0 atom stereocenters. The van der Waals surface area contributed by atoms with Gasteiger partial charge in [-0.1, -0.05) is 11.6 Å². The Kier molecular flexibility index (Phi) is 3.41. The average Bonchev–Trinajstić information content (AvgIpc) is 2.60. The highest BCUT2D eigenvalue weighted by Gasteiger charge is 2.10. The number of aromatic nitrogens is 1. The molecule has 0 bridgehead atoms. The van der Waals surface area contributed by atoms with Crippen molar-refractivity contribution >= 4 is 23.4 Å². The van der Waals surface area contributed by atoms with E-state index in [4.69, 9.17) is 21.3 Å². The van der Waals surface area contributed by atoms with E-state index in [9.17, 15) is 0 Å². The number of hydrogen-bond acceptors (Lipinski definition) is 4. The van der Waals surface area contributed by atoms with E-state index in [-0.39, 0.29) is 0 Å². The van der Waals surface area contributed by atoms with Gasteiger partial charge in [-0.15, -0.1) is 0 Å². The van der Waals surface area contributed by atoms with Gasteiger partial charge < -0.3 is 4.42 Å². The highest BCUT2D eigenvalue weighted by atomic mass is 35.5. The molecule has 0 aliphatic rings. The van der Waals surface area contributed by atoms with Crippen LogP contribution < -0.4 is 0 Å². The highest BCUT2D eigenvalue weighted by molar-refractivity contribution is 7.99. The van der Waals surface area contributed by atoms with Crippen LogP contribution in [0.4, 0.5) is 0 Å². The van der Waals surface area contributed by atoms with Gasteiger partial charge in [0.1, 0.15) is 11.8 Å². The number of halogens is 1. The van der Waals surface area contributed by atoms with Gasteiger partial charge in [-0.3, -0.25) is 0 Å². The largest absolute Gasteiger partial charge is 0.436 e. The van der Waals surface area contributed by atoms with E-state index in [0.717, 1.165) is 16.3 Å². The molecular weight excluding hydrogens is 256 g/mol. The quantitative estimate of drug-likeness (QED) is 0.824. The molecule has 2 aromatic rings. The van der Waals surface area contributed by atoms with Crippen LogP contribution in [0.3, 0.4) is 0 Å². The minimum Gasteiger partial charge on any atom is -0.436 e. The van der Waals surface area contributed by atoms with E-state index >= 15 is 0 Å². The second-order valence-electron chi connectivity index (χ2n) is 3.48. The second kappa shape index (κ2) is 4.82. The number of rotatable bonds is 2. The lowest BCUT2D eigenvalue weighted by Crippen LogP contribution is -1.81. The van der Waals surface area contributed by atoms with Crippen molar-refractivity contribution in [3.8, 4) is 6.07 Å². The Bertz CT molecular complexity index is 582. The van der Waals surface area contributed by atoms with Crippen molar-refractivity contribution < 1.29 is 4.42 Å². The molecule has 0 saturated carbocycles. The normalized spacial score (nSPS) is 10.2. The number of hydrogen-bond donors (Lipinski definition) is 0. The van der Waals surface area contributed by atoms with Crippen LogP contribution in [0.5, 0.6) is 0 Å². The fourth-order valence-electron chi connectivity index (χ4n) is 1.26. The summed E-state index contributed by atoms with van der Waals surface area (Å²) < 4.78 is 5.46. The van der Waals surface area contributed by atoms with Gasteiger partial charge in [-0.25, -0.2) is 4.98 Å². The lowest BCUT2D eigenvalue weighted by Gasteiger charge is -2.00. The molecule has 5 heteroatoms. The monoisotopic (exact) mass is 264 g/mol. The van der Waals surface area contributed by atoms with Gasteiger partial charge in [-0.05, 0) is 43.8 Å². The van der Waals surface area contributed by atoms with E-state index in [1.165, 1.54) is 11.8 Å². The highest BCUT2D eigenvalue weighted by Crippen LogP contribution is 2.31. The summed E-state index contributed by atoms with van der Waals surface area (Å²) in [7, 11) is 0. The smallest absolute Gasteiger partial charge is 0.261 e. The molecule has 0 aliphatic carbocycles. The van der Waals surface area contributed by atoms with Gasteiger partial charge >= 0.3 is 0 Å². The summed E-state index contributed by atoms with van der Waals surface area (Å²) >= 11 is 7.15. The van der Waals surface area contributed by atoms with Gasteiger partial charge in [-0.2, -0.15) is 5.26 Å². The van der Waals surface area contributed by atoms with Crippen LogP contribution in [0.2, 0.25) is 5.02 Å². The lowest BCUT2D eigenvalue weighted by molar-refractivity contribution is 0.431. The predicted octanol–water partition coefficient (Wildman–Crippen LogP) is 3.97. The molecule has 17 heavy (non-hydrogen) atoms. The van der Waals surface area contributed by atoms with Crippen molar-refractivity contribution in [1.29, 1.82) is 5.26 Å². The van der Waals surface area contributed by atoms with Crippen LogP contribution in [0.1, 0.15) is 17.0 Å². The summed E-state index contributed by atoms with van der Waals surface area (Å²) in [6, 6.07) is 7.27. The third-order valence-corrected chi connectivity index (χ3v) is 3.43. The average molecular weight is 265 g/mol. The Morgan fingerprint density at radius 3 is 2.76 bits per heavy atom. The lowest BCUT2D eigenvalue weighted by atomic mass is 10.2. The fourth-order valence-corrected chi connectivity index (χ4v) is 2.32. The van der Waals surface area contributed by atoms with E-state index in [0.29, 0.717) is 15.8 Å². The van der Waals surface area contributed by atoms with Crippen molar-refractivity contribution in [3.05, 3.63) is 40.2 Å². The van der Waals surface area contributed by atoms with Gasteiger partial charge in [0.2, 0.25) is 0 Å². The summed E-state index contributed by atoms with van der Waals surface area (Å²) in [5.41, 5.74) is 1.39. The molecule has 86 valence electrons. The Morgan fingerprint density at radius 1 is 1.41 bits per heavy atom. The molecule has 2 rings (SSSR count). The molecule has 1 aromatic heterocycles. The standard InChI is InChI=1S/C12H9ClN2OS/c1-7-8(2)16-12(15-7)17-11-4-3-10(13)5-9(11)6-14/h3-5H,1-2H3. The SMILES string of the molecule is Cc1nc(Sc2ccc(Cl)cc2C#N)oc1C. The molecule has 0 radical (unpaired) electrons. The van der Waals surface area contributed by atoms with E-state index < -0.39 is 0 Å². The van der Waals surface area contributed by atoms with Gasteiger partial charge in [0, 0.05) is 9.92 Å². The summed E-state index contributed by atoms with van der Waals surface area (Å²) in [4.78, 5) is 5.05. The maximum absolute atomic E-state index is 9.01. The summed E-state index contributed by atoms with van der Waals surface area (Å²) in [6.45, 7) is 3.75. The zero-order chi connectivity index (χ0) is 12.4. The van der Waals surface area contributed by atoms with Crippen molar-refractivity contribution in [2.75, 3.05) is 0 Å². The topological polar surface area (TPSA) is 49.8 Å². The Balaban J connectivity index is 2.33. The zero-order valence-electron chi connectivity index (χ0n) is 9.32. The minimum absolute atomic E-state index is 0.524. The van der Waals surface area contributed by atoms with Crippen molar-refractivity contribution in [2.45, 2.75) is 24.0 Å². The van der Waals surface area contributed by atoms with Crippen LogP contribution >= 0.6 is 23.4 Å². The summed E-state index contributed by atoms with van der Waals surface area (Å²) in [5, 5.41) is 10.1. The molecule has 1 aromatic carbocycles. The number of nitriles is 1. The van der Waals surface area contributed by atoms with Crippen molar-refractivity contribution in [3.63, 3.8) is 0 Å². The Morgan fingerprint density at radius 2 is 2.18 bits per heavy atom. The first-order valence-corrected chi connectivity index (χ1v) is 6.11. The van der Waals surface area contributed by atoms with Crippen molar-refractivity contribution in [1.82, 2.24) is 4.98 Å². The first-order chi connectivity index (χ1) is 8.10. The van der Waals surface area contributed by atoms with E-state index in [1.54, 1.807) is 18.2 Å². The third kappa shape index (κ3) is 2.63. The van der Waals surface area contributed by atoms with Crippen LogP contribution in [0.15, 0.2) is 32.7 Å². The Hall–Kier alpha value is -1.44. The molecule has 0 spiro atoms. The van der Waals surface area contributed by atoms with Crippen LogP contribution in [-0.2, 0) is 0 Å². The van der Waals surface area contributed by atoms with Crippen LogP contribution in [0, 0.1) is 25.2 Å². The van der Waals surface area contributed by atoms with Crippen LogP contribution in [0.25, 0.3) is 0 Å². The molecule has 0 unspecified atom stereocenters. The van der Waals surface area contributed by atoms with Gasteiger partial charge in [0.25, 0.3) is 5.22 Å². The van der Waals surface area contributed by atoms with Gasteiger partial charge in [0.15, 0.2) is 0 Å². The number of aryl methyl sites for hydroxylation is 2. The predicted molar refractivity (Wildman–Crippen MR) is 66.3 cm³/mol. The number of nitrogens with zero attached hydrogens (tertiary/aromatic N) is 2. The third-order valence-electron chi connectivity index (χ3n) is 2.27. The Labute approximate surface area is 108 Å². The molecule has 3 nitrogen and oxygen atoms in total. The maximum Gasteiger partial charge on any atom is 0.261 e. The van der Waals surface area contributed by atoms with E-state index in [1.807, 2.05) is 13.8 Å². The molecular formula is C12H9ClN2OS. The van der Waals surface area contributed by atoms with Crippen LogP contribution in [-0.4, -0.2) is 4.98 Å². The molecule has 0 saturated heterocycles. The first-order valence-electron chi connectivity index (χ1n) is 4.91. The molecule has 1 heterocycles. The second-order valence-corrected chi connectivity index (χ2v) is 4.91. The summed E-state index contributed by atoms with van der Waals surface area (Å²) in [6.07, 6.45) is 0. The summed E-state index contributed by atoms with van der Waals surface area (Å²) in [5.74, 6) is 0.792. The zero-order valence-corrected chi connectivity index (χ0v) is 10.9. The molecule has 0 amide bonds. The number of benzene rings is 1. The van der Waals surface area contributed by atoms with E-state index in [2.05, 4.69) is 11.1 Å². The molecule has 0 aliphatic heterocycles.